The Morgan fingerprint density at radius 1 is 1.35 bits per heavy atom. The topological polar surface area (TPSA) is 24.9 Å². The molecule has 0 atom stereocenters. The van der Waals surface area contributed by atoms with E-state index in [2.05, 4.69) is 40.3 Å². The Bertz CT molecular complexity index is 508. The average Bonchev–Trinajstić information content (AvgIpc) is 2.73. The molecule has 2 rings (SSSR count). The molecule has 2 nitrogen and oxygen atoms in total. The summed E-state index contributed by atoms with van der Waals surface area (Å²) in [7, 11) is 1.97. The van der Waals surface area contributed by atoms with Crippen molar-refractivity contribution in [2.24, 2.45) is 0 Å². The van der Waals surface area contributed by atoms with Gasteiger partial charge in [-0.3, -0.25) is 0 Å². The molecule has 2 aromatic rings. The molecule has 0 aliphatic heterocycles. The van der Waals surface area contributed by atoms with Crippen LogP contribution in [0.2, 0.25) is 0 Å². The zero-order valence-electron chi connectivity index (χ0n) is 9.96. The van der Waals surface area contributed by atoms with Crippen molar-refractivity contribution in [1.29, 1.82) is 0 Å². The van der Waals surface area contributed by atoms with Crippen molar-refractivity contribution in [1.82, 2.24) is 10.3 Å². The van der Waals surface area contributed by atoms with Crippen LogP contribution in [0, 0.1) is 0 Å². The number of halogens is 1. The fourth-order valence-corrected chi connectivity index (χ4v) is 3.51. The number of nitrogens with one attached hydrogen (secondary N) is 1. The third-order valence-corrected chi connectivity index (χ3v) is 4.38. The summed E-state index contributed by atoms with van der Waals surface area (Å²) in [4.78, 5) is 6.06. The summed E-state index contributed by atoms with van der Waals surface area (Å²) < 4.78 is 1.10. The fraction of sp³-hybridized carbons (Fsp3) is 0.308. The van der Waals surface area contributed by atoms with Gasteiger partial charge in [0.05, 0.1) is 5.69 Å². The summed E-state index contributed by atoms with van der Waals surface area (Å²) in [5.74, 6) is 0. The molecule has 1 N–H and O–H groups in total. The van der Waals surface area contributed by atoms with Gasteiger partial charge >= 0.3 is 0 Å². The lowest BCUT2D eigenvalue weighted by molar-refractivity contribution is 0.815. The molecule has 90 valence electrons. The van der Waals surface area contributed by atoms with E-state index in [9.17, 15) is 0 Å². The van der Waals surface area contributed by atoms with Gasteiger partial charge in [0.2, 0.25) is 0 Å². The molecule has 0 amide bonds. The summed E-state index contributed by atoms with van der Waals surface area (Å²) in [5, 5.41) is 4.29. The second-order valence-corrected chi connectivity index (χ2v) is 5.69. The van der Waals surface area contributed by atoms with Crippen molar-refractivity contribution in [3.8, 4) is 10.6 Å². The molecule has 0 saturated heterocycles. The Morgan fingerprint density at radius 3 is 2.76 bits per heavy atom. The van der Waals surface area contributed by atoms with Crippen LogP contribution >= 0.6 is 27.3 Å². The maximum absolute atomic E-state index is 4.73. The van der Waals surface area contributed by atoms with Gasteiger partial charge in [-0.05, 0) is 19.5 Å². The van der Waals surface area contributed by atoms with Crippen LogP contribution < -0.4 is 5.32 Å². The maximum atomic E-state index is 4.73. The van der Waals surface area contributed by atoms with Gasteiger partial charge in [0.25, 0.3) is 0 Å². The van der Waals surface area contributed by atoms with E-state index in [4.69, 9.17) is 4.98 Å². The van der Waals surface area contributed by atoms with E-state index in [0.29, 0.717) is 0 Å². The number of rotatable bonds is 4. The van der Waals surface area contributed by atoms with Crippen molar-refractivity contribution in [3.05, 3.63) is 39.3 Å². The van der Waals surface area contributed by atoms with E-state index in [-0.39, 0.29) is 0 Å². The standard InChI is InChI=1S/C13H15BrN2S/c1-3-11-12(8-15-2)17-13(16-11)9-6-4-5-7-10(9)14/h4-7,15H,3,8H2,1-2H3. The largest absolute Gasteiger partial charge is 0.315 e. The maximum Gasteiger partial charge on any atom is 0.125 e. The van der Waals surface area contributed by atoms with E-state index >= 15 is 0 Å². The van der Waals surface area contributed by atoms with Crippen LogP contribution in [0.4, 0.5) is 0 Å². The van der Waals surface area contributed by atoms with Crippen LogP contribution in [0.5, 0.6) is 0 Å². The number of hydrogen-bond donors (Lipinski definition) is 1. The first-order valence-electron chi connectivity index (χ1n) is 5.64. The van der Waals surface area contributed by atoms with E-state index < -0.39 is 0 Å². The number of hydrogen-bond acceptors (Lipinski definition) is 3. The quantitative estimate of drug-likeness (QED) is 0.927. The Kier molecular flexibility index (Phi) is 4.31. The smallest absolute Gasteiger partial charge is 0.125 e. The molecule has 0 aliphatic carbocycles. The molecular formula is C13H15BrN2S. The molecule has 0 aliphatic rings. The van der Waals surface area contributed by atoms with E-state index in [1.165, 1.54) is 16.1 Å². The molecule has 4 heteroatoms. The SMILES string of the molecule is CCc1nc(-c2ccccc2Br)sc1CNC. The van der Waals surface area contributed by atoms with Gasteiger partial charge in [-0.25, -0.2) is 4.98 Å². The highest BCUT2D eigenvalue weighted by atomic mass is 79.9. The zero-order valence-corrected chi connectivity index (χ0v) is 12.4. The monoisotopic (exact) mass is 310 g/mol. The van der Waals surface area contributed by atoms with Gasteiger partial charge in [-0.15, -0.1) is 11.3 Å². The molecule has 0 unspecified atom stereocenters. The highest BCUT2D eigenvalue weighted by Crippen LogP contribution is 2.33. The van der Waals surface area contributed by atoms with Crippen LogP contribution in [0.15, 0.2) is 28.7 Å². The Morgan fingerprint density at radius 2 is 2.12 bits per heavy atom. The van der Waals surface area contributed by atoms with Gasteiger partial charge in [0, 0.05) is 21.5 Å². The van der Waals surface area contributed by atoms with Gasteiger partial charge in [-0.2, -0.15) is 0 Å². The molecule has 0 spiro atoms. The van der Waals surface area contributed by atoms with Gasteiger partial charge in [0.15, 0.2) is 0 Å². The van der Waals surface area contributed by atoms with Gasteiger partial charge < -0.3 is 5.32 Å². The van der Waals surface area contributed by atoms with Crippen LogP contribution in [0.3, 0.4) is 0 Å². The minimum atomic E-state index is 0.894. The van der Waals surface area contributed by atoms with Crippen LogP contribution in [0.1, 0.15) is 17.5 Å². The molecule has 0 bridgehead atoms. The lowest BCUT2D eigenvalue weighted by atomic mass is 10.2. The molecule has 0 radical (unpaired) electrons. The van der Waals surface area contributed by atoms with Gasteiger partial charge in [-0.1, -0.05) is 41.1 Å². The van der Waals surface area contributed by atoms with Crippen molar-refractivity contribution in [3.63, 3.8) is 0 Å². The minimum Gasteiger partial charge on any atom is -0.315 e. The number of aryl methyl sites for hydroxylation is 1. The predicted molar refractivity (Wildman–Crippen MR) is 77.4 cm³/mol. The Labute approximate surface area is 114 Å². The average molecular weight is 311 g/mol. The second-order valence-electron chi connectivity index (χ2n) is 3.75. The fourth-order valence-electron chi connectivity index (χ4n) is 1.71. The van der Waals surface area contributed by atoms with Crippen LogP contribution in [-0.2, 0) is 13.0 Å². The van der Waals surface area contributed by atoms with Crippen molar-refractivity contribution < 1.29 is 0 Å². The van der Waals surface area contributed by atoms with Crippen molar-refractivity contribution in [2.75, 3.05) is 7.05 Å². The van der Waals surface area contributed by atoms with E-state index in [0.717, 1.165) is 22.4 Å². The third kappa shape index (κ3) is 2.76. The highest BCUT2D eigenvalue weighted by Gasteiger charge is 2.12. The predicted octanol–water partition coefficient (Wildman–Crippen LogP) is 3.85. The number of benzene rings is 1. The highest BCUT2D eigenvalue weighted by molar-refractivity contribution is 9.10. The number of nitrogens with zero attached hydrogens (tertiary/aromatic N) is 1. The molecule has 0 saturated carbocycles. The summed E-state index contributed by atoms with van der Waals surface area (Å²) in [5.41, 5.74) is 2.38. The van der Waals surface area contributed by atoms with Crippen LogP contribution in [0.25, 0.3) is 10.6 Å². The van der Waals surface area contributed by atoms with Gasteiger partial charge in [0.1, 0.15) is 5.01 Å². The van der Waals surface area contributed by atoms with E-state index in [1.54, 1.807) is 11.3 Å². The first kappa shape index (κ1) is 12.7. The molecule has 1 aromatic heterocycles. The summed E-state index contributed by atoms with van der Waals surface area (Å²) in [6, 6.07) is 8.23. The van der Waals surface area contributed by atoms with Crippen molar-refractivity contribution in [2.45, 2.75) is 19.9 Å². The zero-order chi connectivity index (χ0) is 12.3. The normalized spacial score (nSPS) is 10.8. The lowest BCUT2D eigenvalue weighted by Crippen LogP contribution is -2.05. The Balaban J connectivity index is 2.43. The number of aromatic nitrogens is 1. The summed E-state index contributed by atoms with van der Waals surface area (Å²) in [6.07, 6.45) is 0.984. The summed E-state index contributed by atoms with van der Waals surface area (Å²) >= 11 is 5.35. The first-order valence-corrected chi connectivity index (χ1v) is 7.25. The molecule has 1 heterocycles. The molecule has 0 fully saturated rings. The third-order valence-electron chi connectivity index (χ3n) is 2.55. The first-order chi connectivity index (χ1) is 8.26. The Hall–Kier alpha value is -0.710. The van der Waals surface area contributed by atoms with Crippen LogP contribution in [-0.4, -0.2) is 12.0 Å². The summed E-state index contributed by atoms with van der Waals surface area (Å²) in [6.45, 7) is 3.04. The lowest BCUT2D eigenvalue weighted by Gasteiger charge is -1.98. The molecule has 1 aromatic carbocycles. The second kappa shape index (κ2) is 5.76. The molecule has 17 heavy (non-hydrogen) atoms. The molecular weight excluding hydrogens is 296 g/mol. The van der Waals surface area contributed by atoms with Crippen molar-refractivity contribution >= 4 is 27.3 Å². The minimum absolute atomic E-state index is 0.894. The number of thiazole rings is 1. The van der Waals surface area contributed by atoms with E-state index in [1.807, 2.05) is 19.2 Å².